The van der Waals surface area contributed by atoms with Gasteiger partial charge in [-0.2, -0.15) is 4.31 Å². The van der Waals surface area contributed by atoms with Crippen LogP contribution in [0.4, 0.5) is 0 Å². The molecule has 0 aromatic heterocycles. The van der Waals surface area contributed by atoms with E-state index in [0.717, 1.165) is 6.42 Å². The van der Waals surface area contributed by atoms with Gasteiger partial charge in [0.25, 0.3) is 5.91 Å². The summed E-state index contributed by atoms with van der Waals surface area (Å²) in [6.07, 6.45) is 1.96. The highest BCUT2D eigenvalue weighted by Crippen LogP contribution is 2.24. The number of hydrogen-bond donors (Lipinski definition) is 0. The quantitative estimate of drug-likeness (QED) is 0.615. The van der Waals surface area contributed by atoms with Gasteiger partial charge in [0.15, 0.2) is 0 Å². The van der Waals surface area contributed by atoms with Crippen LogP contribution in [-0.2, 0) is 26.0 Å². The molecule has 1 aromatic carbocycles. The van der Waals surface area contributed by atoms with Crippen LogP contribution in [-0.4, -0.2) is 86.8 Å². The fourth-order valence-electron chi connectivity index (χ4n) is 4.06. The smallest absolute Gasteiger partial charge is 0.254 e. The first-order chi connectivity index (χ1) is 15.2. The Labute approximate surface area is 191 Å². The van der Waals surface area contributed by atoms with Crippen LogP contribution in [0.25, 0.3) is 0 Å². The molecule has 8 nitrogen and oxygen atoms in total. The molecule has 1 aromatic rings. The van der Waals surface area contributed by atoms with E-state index in [9.17, 15) is 18.0 Å². The van der Waals surface area contributed by atoms with E-state index in [4.69, 9.17) is 4.74 Å². The van der Waals surface area contributed by atoms with E-state index in [1.165, 1.54) is 10.4 Å². The van der Waals surface area contributed by atoms with Crippen LogP contribution in [0.1, 0.15) is 49.5 Å². The van der Waals surface area contributed by atoms with Crippen LogP contribution in [0.5, 0.6) is 0 Å². The lowest BCUT2D eigenvalue weighted by molar-refractivity contribution is -0.132. The number of hydrogen-bond acceptors (Lipinski definition) is 5. The second-order valence-corrected chi connectivity index (χ2v) is 10.7. The maximum Gasteiger partial charge on any atom is 0.254 e. The van der Waals surface area contributed by atoms with Crippen LogP contribution < -0.4 is 0 Å². The van der Waals surface area contributed by atoms with E-state index in [0.29, 0.717) is 82.4 Å². The standard InChI is InChI=1S/C23H35N3O5S/c1-4-19-6-7-20(17-21(19)32(29,30)26-13-15-31-16-14-26)23(28)25-11-9-24(10-12-25)22(27)8-5-18(2)3/h6-7,17-18H,4-5,8-16H2,1-3H3. The fourth-order valence-corrected chi connectivity index (χ4v) is 5.79. The molecule has 9 heteroatoms. The second-order valence-electron chi connectivity index (χ2n) is 8.80. The molecule has 2 heterocycles. The van der Waals surface area contributed by atoms with Crippen LogP contribution in [0.2, 0.25) is 0 Å². The van der Waals surface area contributed by atoms with Gasteiger partial charge >= 0.3 is 0 Å². The minimum Gasteiger partial charge on any atom is -0.379 e. The number of piperazine rings is 1. The highest BCUT2D eigenvalue weighted by atomic mass is 32.2. The Kier molecular flexibility index (Phi) is 8.30. The summed E-state index contributed by atoms with van der Waals surface area (Å²) in [5, 5.41) is 0. The topological polar surface area (TPSA) is 87.2 Å². The highest BCUT2D eigenvalue weighted by Gasteiger charge is 2.30. The third-order valence-electron chi connectivity index (χ3n) is 6.14. The fraction of sp³-hybridized carbons (Fsp3) is 0.652. The molecule has 0 spiro atoms. The lowest BCUT2D eigenvalue weighted by atomic mass is 10.1. The number of rotatable bonds is 7. The zero-order valence-corrected chi connectivity index (χ0v) is 20.2. The van der Waals surface area contributed by atoms with Crippen LogP contribution in [0.3, 0.4) is 0 Å². The predicted molar refractivity (Wildman–Crippen MR) is 122 cm³/mol. The van der Waals surface area contributed by atoms with Crippen molar-refractivity contribution in [3.63, 3.8) is 0 Å². The SMILES string of the molecule is CCc1ccc(C(=O)N2CCN(C(=O)CCC(C)C)CC2)cc1S(=O)(=O)N1CCOCC1. The average Bonchev–Trinajstić information content (AvgIpc) is 2.82. The van der Waals surface area contributed by atoms with Gasteiger partial charge in [0.1, 0.15) is 0 Å². The monoisotopic (exact) mass is 465 g/mol. The first-order valence-corrected chi connectivity index (χ1v) is 13.0. The summed E-state index contributed by atoms with van der Waals surface area (Å²) in [5.74, 6) is 0.424. The van der Waals surface area contributed by atoms with Gasteiger partial charge in [-0.15, -0.1) is 0 Å². The van der Waals surface area contributed by atoms with Gasteiger partial charge in [-0.25, -0.2) is 8.42 Å². The molecule has 178 valence electrons. The summed E-state index contributed by atoms with van der Waals surface area (Å²) in [7, 11) is -3.70. The first kappa shape index (κ1) is 24.7. The molecule has 0 unspecified atom stereocenters. The number of amides is 2. The van der Waals surface area contributed by atoms with Crippen LogP contribution in [0, 0.1) is 5.92 Å². The van der Waals surface area contributed by atoms with E-state index >= 15 is 0 Å². The van der Waals surface area contributed by atoms with Crippen molar-refractivity contribution >= 4 is 21.8 Å². The molecule has 2 aliphatic heterocycles. The Bertz CT molecular complexity index is 918. The Morgan fingerprint density at radius 2 is 1.62 bits per heavy atom. The molecule has 2 aliphatic rings. The van der Waals surface area contributed by atoms with E-state index in [-0.39, 0.29) is 16.7 Å². The van der Waals surface area contributed by atoms with E-state index < -0.39 is 10.0 Å². The molecule has 0 radical (unpaired) electrons. The number of aryl methyl sites for hydroxylation is 1. The summed E-state index contributed by atoms with van der Waals surface area (Å²) >= 11 is 0. The molecule has 2 amide bonds. The summed E-state index contributed by atoms with van der Waals surface area (Å²) in [4.78, 5) is 29.2. The molecular weight excluding hydrogens is 430 g/mol. The van der Waals surface area contributed by atoms with Gasteiger partial charge in [-0.05, 0) is 36.5 Å². The summed E-state index contributed by atoms with van der Waals surface area (Å²) < 4.78 is 33.2. The third kappa shape index (κ3) is 5.68. The van der Waals surface area contributed by atoms with Crippen molar-refractivity contribution in [2.45, 2.75) is 44.9 Å². The normalized spacial score (nSPS) is 18.2. The molecular formula is C23H35N3O5S. The minimum atomic E-state index is -3.70. The van der Waals surface area contributed by atoms with Gasteiger partial charge in [0.05, 0.1) is 18.1 Å². The molecule has 3 rings (SSSR count). The first-order valence-electron chi connectivity index (χ1n) is 11.5. The Hall–Kier alpha value is -1.97. The molecule has 0 aliphatic carbocycles. The Morgan fingerprint density at radius 3 is 2.22 bits per heavy atom. The summed E-state index contributed by atoms with van der Waals surface area (Å²) in [5.41, 5.74) is 1.07. The van der Waals surface area contributed by atoms with Gasteiger partial charge in [-0.3, -0.25) is 9.59 Å². The molecule has 0 atom stereocenters. The van der Waals surface area contributed by atoms with E-state index in [1.807, 2.05) is 11.8 Å². The van der Waals surface area contributed by atoms with Crippen LogP contribution >= 0.6 is 0 Å². The summed E-state index contributed by atoms with van der Waals surface area (Å²) in [6, 6.07) is 4.97. The Morgan fingerprint density at radius 1 is 1.00 bits per heavy atom. The second kappa shape index (κ2) is 10.8. The van der Waals surface area contributed by atoms with Crippen molar-refractivity contribution in [2.75, 3.05) is 52.5 Å². The maximum absolute atomic E-state index is 13.2. The maximum atomic E-state index is 13.2. The number of ether oxygens (including phenoxy) is 1. The zero-order chi connectivity index (χ0) is 23.3. The number of carbonyl (C=O) groups is 2. The molecule has 2 fully saturated rings. The van der Waals surface area contributed by atoms with E-state index in [1.54, 1.807) is 17.0 Å². The van der Waals surface area contributed by atoms with Crippen molar-refractivity contribution < 1.29 is 22.7 Å². The third-order valence-corrected chi connectivity index (χ3v) is 8.12. The van der Waals surface area contributed by atoms with Gasteiger partial charge in [0, 0.05) is 51.3 Å². The van der Waals surface area contributed by atoms with Gasteiger partial charge < -0.3 is 14.5 Å². The zero-order valence-electron chi connectivity index (χ0n) is 19.4. The number of carbonyl (C=O) groups excluding carboxylic acids is 2. The van der Waals surface area contributed by atoms with Crippen molar-refractivity contribution in [1.82, 2.24) is 14.1 Å². The predicted octanol–water partition coefficient (Wildman–Crippen LogP) is 1.99. The average molecular weight is 466 g/mol. The lowest BCUT2D eigenvalue weighted by Crippen LogP contribution is -2.50. The number of sulfonamides is 1. The lowest BCUT2D eigenvalue weighted by Gasteiger charge is -2.35. The minimum absolute atomic E-state index is 0.136. The highest BCUT2D eigenvalue weighted by molar-refractivity contribution is 7.89. The number of benzene rings is 1. The summed E-state index contributed by atoms with van der Waals surface area (Å²) in [6.45, 7) is 9.41. The van der Waals surface area contributed by atoms with Crippen LogP contribution in [0.15, 0.2) is 23.1 Å². The largest absolute Gasteiger partial charge is 0.379 e. The van der Waals surface area contributed by atoms with Crippen molar-refractivity contribution in [3.8, 4) is 0 Å². The Balaban J connectivity index is 1.71. The molecule has 0 bridgehead atoms. The molecule has 2 saturated heterocycles. The molecule has 0 saturated carbocycles. The molecule has 0 N–H and O–H groups in total. The van der Waals surface area contributed by atoms with Gasteiger partial charge in [-0.1, -0.05) is 26.8 Å². The van der Waals surface area contributed by atoms with Gasteiger partial charge in [0.2, 0.25) is 15.9 Å². The number of nitrogens with zero attached hydrogens (tertiary/aromatic N) is 3. The van der Waals surface area contributed by atoms with Crippen molar-refractivity contribution in [2.24, 2.45) is 5.92 Å². The molecule has 32 heavy (non-hydrogen) atoms. The van der Waals surface area contributed by atoms with Crippen molar-refractivity contribution in [1.29, 1.82) is 0 Å². The van der Waals surface area contributed by atoms with E-state index in [2.05, 4.69) is 13.8 Å². The van der Waals surface area contributed by atoms with Crippen molar-refractivity contribution in [3.05, 3.63) is 29.3 Å². The number of morpholine rings is 1.